The molecule has 108 valence electrons. The molecule has 0 radical (unpaired) electrons. The maximum Gasteiger partial charge on any atom is 0.110 e. The van der Waals surface area contributed by atoms with Gasteiger partial charge in [0.15, 0.2) is 0 Å². The third kappa shape index (κ3) is 2.09. The smallest absolute Gasteiger partial charge is 0.110 e. The fourth-order valence-electron chi connectivity index (χ4n) is 2.79. The highest BCUT2D eigenvalue weighted by Gasteiger charge is 2.21. The van der Waals surface area contributed by atoms with Gasteiger partial charge < -0.3 is 0 Å². The molecular formula is C17H13BrN4. The van der Waals surface area contributed by atoms with E-state index in [1.807, 2.05) is 37.4 Å². The first-order chi connectivity index (χ1) is 10.7. The van der Waals surface area contributed by atoms with Crippen molar-refractivity contribution >= 4 is 21.6 Å². The Morgan fingerprint density at radius 3 is 2.86 bits per heavy atom. The van der Waals surface area contributed by atoms with Crippen LogP contribution in [0.5, 0.6) is 0 Å². The van der Waals surface area contributed by atoms with Crippen molar-refractivity contribution in [1.82, 2.24) is 14.5 Å². The van der Waals surface area contributed by atoms with Gasteiger partial charge in [0.2, 0.25) is 0 Å². The van der Waals surface area contributed by atoms with Gasteiger partial charge in [-0.1, -0.05) is 22.0 Å². The van der Waals surface area contributed by atoms with Gasteiger partial charge in [-0.2, -0.15) is 0 Å². The molecule has 4 rings (SSSR count). The van der Waals surface area contributed by atoms with Crippen LogP contribution in [-0.4, -0.2) is 20.2 Å². The number of pyridine rings is 1. The lowest BCUT2D eigenvalue weighted by Crippen LogP contribution is -2.09. The average molecular weight is 353 g/mol. The van der Waals surface area contributed by atoms with Gasteiger partial charge in [-0.25, -0.2) is 4.98 Å². The first kappa shape index (κ1) is 13.4. The van der Waals surface area contributed by atoms with Crippen LogP contribution < -0.4 is 0 Å². The Hall–Kier alpha value is -2.27. The Labute approximate surface area is 136 Å². The number of aliphatic imine (C=N–C) groups is 1. The van der Waals surface area contributed by atoms with Gasteiger partial charge in [0.05, 0.1) is 35.5 Å². The van der Waals surface area contributed by atoms with Crippen molar-refractivity contribution in [1.29, 1.82) is 0 Å². The summed E-state index contributed by atoms with van der Waals surface area (Å²) in [4.78, 5) is 13.7. The molecule has 0 unspecified atom stereocenters. The number of fused-ring (bicyclic) bond motifs is 3. The van der Waals surface area contributed by atoms with E-state index in [0.29, 0.717) is 6.54 Å². The predicted molar refractivity (Wildman–Crippen MR) is 89.6 cm³/mol. The third-order valence-electron chi connectivity index (χ3n) is 3.77. The number of nitrogens with zero attached hydrogens (tertiary/aromatic N) is 4. The summed E-state index contributed by atoms with van der Waals surface area (Å²) in [5.41, 5.74) is 5.05. The second-order valence-electron chi connectivity index (χ2n) is 5.17. The zero-order valence-electron chi connectivity index (χ0n) is 12.0. The molecule has 2 aromatic heterocycles. The number of hydrogen-bond donors (Lipinski definition) is 0. The topological polar surface area (TPSA) is 43.1 Å². The maximum atomic E-state index is 4.80. The summed E-state index contributed by atoms with van der Waals surface area (Å²) in [6.45, 7) is 2.61. The summed E-state index contributed by atoms with van der Waals surface area (Å²) < 4.78 is 3.19. The van der Waals surface area contributed by atoms with E-state index in [1.54, 1.807) is 6.20 Å². The molecular weight excluding hydrogens is 340 g/mol. The summed E-state index contributed by atoms with van der Waals surface area (Å²) in [6.07, 6.45) is 3.69. The quantitative estimate of drug-likeness (QED) is 0.670. The van der Waals surface area contributed by atoms with Crippen LogP contribution in [0.3, 0.4) is 0 Å². The summed E-state index contributed by atoms with van der Waals surface area (Å²) >= 11 is 3.56. The zero-order valence-corrected chi connectivity index (χ0v) is 13.6. The number of rotatable bonds is 1. The monoisotopic (exact) mass is 352 g/mol. The van der Waals surface area contributed by atoms with Crippen molar-refractivity contribution in [2.45, 2.75) is 13.5 Å². The molecule has 0 atom stereocenters. The molecule has 0 N–H and O–H groups in total. The minimum atomic E-state index is 0.596. The molecule has 4 nitrogen and oxygen atoms in total. The van der Waals surface area contributed by atoms with Crippen LogP contribution in [0.15, 0.2) is 58.3 Å². The van der Waals surface area contributed by atoms with Gasteiger partial charge in [0.25, 0.3) is 0 Å². The van der Waals surface area contributed by atoms with Gasteiger partial charge in [-0.15, -0.1) is 0 Å². The standard InChI is InChI=1S/C17H13BrN4/c1-11-20-9-13-10-21-17(15-4-2-3-7-19-15)14-8-12(18)5-6-16(14)22(11)13/h2-9H,10H2,1H3. The van der Waals surface area contributed by atoms with Crippen molar-refractivity contribution in [3.63, 3.8) is 0 Å². The number of aromatic nitrogens is 3. The van der Waals surface area contributed by atoms with Gasteiger partial charge in [0.1, 0.15) is 5.82 Å². The Balaban J connectivity index is 2.01. The molecule has 0 bridgehead atoms. The highest BCUT2D eigenvalue weighted by atomic mass is 79.9. The van der Waals surface area contributed by atoms with Gasteiger partial charge in [0, 0.05) is 16.2 Å². The number of benzene rings is 1. The maximum absolute atomic E-state index is 4.80. The molecule has 0 amide bonds. The second-order valence-corrected chi connectivity index (χ2v) is 6.09. The Kier molecular flexibility index (Phi) is 3.15. The highest BCUT2D eigenvalue weighted by molar-refractivity contribution is 9.10. The predicted octanol–water partition coefficient (Wildman–Crippen LogP) is 3.69. The van der Waals surface area contributed by atoms with Crippen molar-refractivity contribution in [3.05, 3.63) is 76.0 Å². The van der Waals surface area contributed by atoms with Crippen LogP contribution in [0.25, 0.3) is 5.69 Å². The molecule has 1 aliphatic heterocycles. The molecule has 5 heteroatoms. The summed E-state index contributed by atoms with van der Waals surface area (Å²) in [7, 11) is 0. The fourth-order valence-corrected chi connectivity index (χ4v) is 3.15. The van der Waals surface area contributed by atoms with Crippen LogP contribution in [0.2, 0.25) is 0 Å². The molecule has 3 heterocycles. The van der Waals surface area contributed by atoms with Crippen molar-refractivity contribution in [2.24, 2.45) is 4.99 Å². The van der Waals surface area contributed by atoms with E-state index >= 15 is 0 Å². The normalized spacial score (nSPS) is 13.1. The van der Waals surface area contributed by atoms with Crippen LogP contribution in [0.1, 0.15) is 22.8 Å². The molecule has 0 saturated heterocycles. The van der Waals surface area contributed by atoms with Crippen molar-refractivity contribution < 1.29 is 0 Å². The largest absolute Gasteiger partial charge is 0.298 e. The van der Waals surface area contributed by atoms with E-state index in [1.165, 1.54) is 0 Å². The Bertz CT molecular complexity index is 881. The van der Waals surface area contributed by atoms with Crippen LogP contribution in [0, 0.1) is 6.92 Å². The number of halogens is 1. The molecule has 0 fully saturated rings. The van der Waals surface area contributed by atoms with E-state index in [2.05, 4.69) is 42.6 Å². The number of hydrogen-bond acceptors (Lipinski definition) is 3. The minimum Gasteiger partial charge on any atom is -0.298 e. The van der Waals surface area contributed by atoms with Crippen molar-refractivity contribution in [3.8, 4) is 5.69 Å². The van der Waals surface area contributed by atoms with E-state index in [0.717, 1.165) is 38.6 Å². The number of aryl methyl sites for hydroxylation is 1. The molecule has 0 aliphatic carbocycles. The SMILES string of the molecule is Cc1ncc2n1-c1ccc(Br)cc1C(c1ccccn1)=NC2. The number of imidazole rings is 1. The van der Waals surface area contributed by atoms with Crippen LogP contribution in [0.4, 0.5) is 0 Å². The van der Waals surface area contributed by atoms with Gasteiger partial charge in [-0.05, 0) is 37.3 Å². The highest BCUT2D eigenvalue weighted by Crippen LogP contribution is 2.28. The first-order valence-corrected chi connectivity index (χ1v) is 7.83. The average Bonchev–Trinajstić information content (AvgIpc) is 2.82. The lowest BCUT2D eigenvalue weighted by atomic mass is 10.0. The zero-order chi connectivity index (χ0) is 15.1. The van der Waals surface area contributed by atoms with E-state index in [4.69, 9.17) is 4.99 Å². The lowest BCUT2D eigenvalue weighted by Gasteiger charge is -2.13. The Morgan fingerprint density at radius 2 is 2.05 bits per heavy atom. The second kappa shape index (κ2) is 5.18. The van der Waals surface area contributed by atoms with Crippen molar-refractivity contribution in [2.75, 3.05) is 0 Å². The molecule has 3 aromatic rings. The van der Waals surface area contributed by atoms with E-state index in [-0.39, 0.29) is 0 Å². The fraction of sp³-hybridized carbons (Fsp3) is 0.118. The Morgan fingerprint density at radius 1 is 1.14 bits per heavy atom. The van der Waals surface area contributed by atoms with Gasteiger partial charge in [-0.3, -0.25) is 14.5 Å². The van der Waals surface area contributed by atoms with E-state index in [9.17, 15) is 0 Å². The summed E-state index contributed by atoms with van der Waals surface area (Å²) in [5, 5.41) is 0. The molecule has 1 aliphatic rings. The molecule has 22 heavy (non-hydrogen) atoms. The minimum absolute atomic E-state index is 0.596. The first-order valence-electron chi connectivity index (χ1n) is 7.03. The summed E-state index contributed by atoms with van der Waals surface area (Å²) in [5.74, 6) is 0.969. The molecule has 1 aromatic carbocycles. The molecule has 0 spiro atoms. The molecule has 0 saturated carbocycles. The van der Waals surface area contributed by atoms with E-state index < -0.39 is 0 Å². The van der Waals surface area contributed by atoms with Gasteiger partial charge >= 0.3 is 0 Å². The van der Waals surface area contributed by atoms with Crippen LogP contribution >= 0.6 is 15.9 Å². The van der Waals surface area contributed by atoms with Crippen LogP contribution in [-0.2, 0) is 6.54 Å². The summed E-state index contributed by atoms with van der Waals surface area (Å²) in [6, 6.07) is 12.1. The lowest BCUT2D eigenvalue weighted by molar-refractivity contribution is 0.889. The third-order valence-corrected chi connectivity index (χ3v) is 4.27.